The fourth-order valence-corrected chi connectivity index (χ4v) is 3.97. The molecule has 0 aliphatic carbocycles. The molecule has 0 saturated carbocycles. The van der Waals surface area contributed by atoms with Gasteiger partial charge in [0.2, 0.25) is 15.9 Å². The molecule has 0 aliphatic heterocycles. The minimum atomic E-state index is -4.11. The molecule has 11 heteroatoms. The molecule has 0 bridgehead atoms. The Morgan fingerprint density at radius 3 is 2.69 bits per heavy atom. The number of amides is 1. The summed E-state index contributed by atoms with van der Waals surface area (Å²) in [5.41, 5.74) is 1.68. The van der Waals surface area contributed by atoms with Crippen LogP contribution in [0.1, 0.15) is 11.1 Å². The van der Waals surface area contributed by atoms with Crippen molar-refractivity contribution in [3.05, 3.63) is 69.2 Å². The van der Waals surface area contributed by atoms with Crippen molar-refractivity contribution >= 4 is 49.1 Å². The van der Waals surface area contributed by atoms with Gasteiger partial charge in [0.1, 0.15) is 10.7 Å². The molecule has 0 unspecified atom stereocenters. The van der Waals surface area contributed by atoms with Crippen LogP contribution in [0, 0.1) is 12.7 Å². The van der Waals surface area contributed by atoms with Crippen LogP contribution in [0.25, 0.3) is 5.69 Å². The second-order valence-corrected chi connectivity index (χ2v) is 9.07. The molecule has 7 nitrogen and oxygen atoms in total. The number of sulfonamides is 1. The first-order valence-electron chi connectivity index (χ1n) is 8.16. The van der Waals surface area contributed by atoms with Crippen molar-refractivity contribution in [1.29, 1.82) is 0 Å². The lowest BCUT2D eigenvalue weighted by Gasteiger charge is -2.12. The normalized spacial score (nSPS) is 11.5. The molecule has 2 aromatic carbocycles. The average molecular weight is 502 g/mol. The van der Waals surface area contributed by atoms with Gasteiger partial charge in [0.15, 0.2) is 0 Å². The molecule has 0 atom stereocenters. The fourth-order valence-electron chi connectivity index (χ4n) is 2.70. The molecule has 3 aromatic rings. The summed E-state index contributed by atoms with van der Waals surface area (Å²) in [5, 5.41) is 12.2. The number of rotatable bonds is 5. The van der Waals surface area contributed by atoms with Crippen LogP contribution in [0.2, 0.25) is 5.02 Å². The standard InChI is InChI=1S/C18H15BrClFN4O3S/c1-10-4-15(21)14(19)5-11(10)6-18(26)24-13-2-3-16(17(7-13)29(22,27)28)25-9-12(20)8-23-25/h2-5,7-9H,6H2,1H3,(H,24,26)(H2,22,27,28). The molecule has 1 aromatic heterocycles. The fraction of sp³-hybridized carbons (Fsp3) is 0.111. The molecule has 0 spiro atoms. The first kappa shape index (κ1) is 21.4. The molecule has 3 rings (SSSR count). The van der Waals surface area contributed by atoms with E-state index in [9.17, 15) is 17.6 Å². The summed E-state index contributed by atoms with van der Waals surface area (Å²) in [5.74, 6) is -0.819. The number of aromatic nitrogens is 2. The van der Waals surface area contributed by atoms with Crippen LogP contribution in [0.3, 0.4) is 0 Å². The van der Waals surface area contributed by atoms with E-state index in [0.29, 0.717) is 16.1 Å². The summed E-state index contributed by atoms with van der Waals surface area (Å²) >= 11 is 8.94. The average Bonchev–Trinajstić information content (AvgIpc) is 3.05. The Balaban J connectivity index is 1.88. The van der Waals surface area contributed by atoms with Crippen molar-refractivity contribution in [3.63, 3.8) is 0 Å². The van der Waals surface area contributed by atoms with Crippen molar-refractivity contribution in [2.75, 3.05) is 5.32 Å². The molecule has 29 heavy (non-hydrogen) atoms. The number of nitrogens with zero attached hydrogens (tertiary/aromatic N) is 2. The lowest BCUT2D eigenvalue weighted by atomic mass is 10.1. The Kier molecular flexibility index (Phi) is 6.08. The summed E-state index contributed by atoms with van der Waals surface area (Å²) in [4.78, 5) is 12.2. The lowest BCUT2D eigenvalue weighted by Crippen LogP contribution is -2.18. The number of benzene rings is 2. The third-order valence-electron chi connectivity index (χ3n) is 4.08. The Bertz CT molecular complexity index is 1210. The molecule has 0 radical (unpaired) electrons. The van der Waals surface area contributed by atoms with Crippen LogP contribution in [0.15, 0.2) is 52.1 Å². The number of primary sulfonamides is 1. The zero-order valence-corrected chi connectivity index (χ0v) is 18.1. The maximum absolute atomic E-state index is 13.5. The van der Waals surface area contributed by atoms with Gasteiger partial charge in [0, 0.05) is 11.9 Å². The van der Waals surface area contributed by atoms with E-state index in [1.54, 1.807) is 6.92 Å². The third-order valence-corrected chi connectivity index (χ3v) is 5.82. The largest absolute Gasteiger partial charge is 0.326 e. The summed E-state index contributed by atoms with van der Waals surface area (Å²) in [6.45, 7) is 1.70. The van der Waals surface area contributed by atoms with E-state index in [0.717, 1.165) is 0 Å². The van der Waals surface area contributed by atoms with E-state index in [1.165, 1.54) is 47.4 Å². The van der Waals surface area contributed by atoms with Crippen LogP contribution in [-0.4, -0.2) is 24.1 Å². The van der Waals surface area contributed by atoms with Crippen molar-refractivity contribution in [1.82, 2.24) is 9.78 Å². The van der Waals surface area contributed by atoms with E-state index < -0.39 is 21.7 Å². The molecule has 152 valence electrons. The van der Waals surface area contributed by atoms with Gasteiger partial charge in [0.25, 0.3) is 0 Å². The van der Waals surface area contributed by atoms with Crippen molar-refractivity contribution in [2.24, 2.45) is 5.14 Å². The smallest absolute Gasteiger partial charge is 0.240 e. The molecule has 0 aliphatic rings. The Labute approximate surface area is 179 Å². The first-order chi connectivity index (χ1) is 13.5. The molecule has 1 amide bonds. The van der Waals surface area contributed by atoms with Gasteiger partial charge in [-0.3, -0.25) is 4.79 Å². The van der Waals surface area contributed by atoms with E-state index in [-0.39, 0.29) is 27.2 Å². The van der Waals surface area contributed by atoms with E-state index >= 15 is 0 Å². The zero-order chi connectivity index (χ0) is 21.3. The predicted molar refractivity (Wildman–Crippen MR) is 111 cm³/mol. The van der Waals surface area contributed by atoms with Gasteiger partial charge < -0.3 is 5.32 Å². The third kappa shape index (κ3) is 5.02. The van der Waals surface area contributed by atoms with Gasteiger partial charge in [0.05, 0.1) is 27.8 Å². The van der Waals surface area contributed by atoms with Crippen molar-refractivity contribution < 1.29 is 17.6 Å². The molecule has 0 fully saturated rings. The highest BCUT2D eigenvalue weighted by molar-refractivity contribution is 9.10. The number of nitrogens with two attached hydrogens (primary N) is 1. The first-order valence-corrected chi connectivity index (χ1v) is 10.9. The summed E-state index contributed by atoms with van der Waals surface area (Å²) < 4.78 is 39.1. The van der Waals surface area contributed by atoms with Gasteiger partial charge in [-0.2, -0.15) is 5.10 Å². The number of carbonyl (C=O) groups excluding carboxylic acids is 1. The summed E-state index contributed by atoms with van der Waals surface area (Å²) in [6, 6.07) is 7.08. The monoisotopic (exact) mass is 500 g/mol. The van der Waals surface area contributed by atoms with Crippen LogP contribution < -0.4 is 10.5 Å². The number of hydrogen-bond acceptors (Lipinski definition) is 4. The van der Waals surface area contributed by atoms with E-state index in [1.807, 2.05) is 0 Å². The van der Waals surface area contributed by atoms with Crippen molar-refractivity contribution in [3.8, 4) is 5.69 Å². The van der Waals surface area contributed by atoms with E-state index in [2.05, 4.69) is 26.3 Å². The zero-order valence-electron chi connectivity index (χ0n) is 15.0. The highest BCUT2D eigenvalue weighted by Gasteiger charge is 2.18. The molecule has 3 N–H and O–H groups in total. The van der Waals surface area contributed by atoms with Crippen LogP contribution >= 0.6 is 27.5 Å². The number of anilines is 1. The predicted octanol–water partition coefficient (Wildman–Crippen LogP) is 3.56. The quantitative estimate of drug-likeness (QED) is 0.557. The summed E-state index contributed by atoms with van der Waals surface area (Å²) in [7, 11) is -4.11. The van der Waals surface area contributed by atoms with Crippen molar-refractivity contribution in [2.45, 2.75) is 18.2 Å². The second-order valence-electron chi connectivity index (χ2n) is 6.25. The molecular formula is C18H15BrClFN4O3S. The molecular weight excluding hydrogens is 487 g/mol. The van der Waals surface area contributed by atoms with Gasteiger partial charge >= 0.3 is 0 Å². The Morgan fingerprint density at radius 2 is 2.07 bits per heavy atom. The SMILES string of the molecule is Cc1cc(F)c(Br)cc1CC(=O)Nc1ccc(-n2cc(Cl)cn2)c(S(N)(=O)=O)c1. The van der Waals surface area contributed by atoms with E-state index in [4.69, 9.17) is 16.7 Å². The minimum absolute atomic E-state index is 0.0219. The minimum Gasteiger partial charge on any atom is -0.326 e. The Morgan fingerprint density at radius 1 is 1.34 bits per heavy atom. The maximum Gasteiger partial charge on any atom is 0.240 e. The number of hydrogen-bond donors (Lipinski definition) is 2. The number of carbonyl (C=O) groups is 1. The van der Waals surface area contributed by atoms with Crippen LogP contribution in [0.5, 0.6) is 0 Å². The van der Waals surface area contributed by atoms with Crippen LogP contribution in [0.4, 0.5) is 10.1 Å². The molecule has 1 heterocycles. The Hall–Kier alpha value is -2.27. The van der Waals surface area contributed by atoms with Gasteiger partial charge in [-0.15, -0.1) is 0 Å². The number of aryl methyl sites for hydroxylation is 1. The highest BCUT2D eigenvalue weighted by Crippen LogP contribution is 2.25. The number of halogens is 3. The topological polar surface area (TPSA) is 107 Å². The number of nitrogens with one attached hydrogen (secondary N) is 1. The second kappa shape index (κ2) is 8.23. The highest BCUT2D eigenvalue weighted by atomic mass is 79.9. The van der Waals surface area contributed by atoms with Gasteiger partial charge in [-0.1, -0.05) is 11.6 Å². The van der Waals surface area contributed by atoms with Gasteiger partial charge in [-0.05, 0) is 64.3 Å². The lowest BCUT2D eigenvalue weighted by molar-refractivity contribution is -0.115. The van der Waals surface area contributed by atoms with Gasteiger partial charge in [-0.25, -0.2) is 22.6 Å². The summed E-state index contributed by atoms with van der Waals surface area (Å²) in [6.07, 6.45) is 2.76. The molecule has 0 saturated heterocycles. The van der Waals surface area contributed by atoms with Crippen LogP contribution in [-0.2, 0) is 21.2 Å². The maximum atomic E-state index is 13.5.